The van der Waals surface area contributed by atoms with Gasteiger partial charge in [-0.3, -0.25) is 11.3 Å². The number of hydrazine groups is 1. The predicted molar refractivity (Wildman–Crippen MR) is 77.1 cm³/mol. The number of halogens is 1. The van der Waals surface area contributed by atoms with Gasteiger partial charge in [-0.1, -0.05) is 28.1 Å². The summed E-state index contributed by atoms with van der Waals surface area (Å²) in [4.78, 5) is 0. The average Bonchev–Trinajstić information content (AvgIpc) is 2.40. The molecule has 0 radical (unpaired) electrons. The van der Waals surface area contributed by atoms with Crippen LogP contribution in [0, 0.1) is 12.8 Å². The predicted octanol–water partition coefficient (Wildman–Crippen LogP) is 3.08. The molecule has 0 aromatic heterocycles. The van der Waals surface area contributed by atoms with E-state index in [9.17, 15) is 0 Å². The van der Waals surface area contributed by atoms with Crippen molar-refractivity contribution in [3.8, 4) is 0 Å². The number of hydrogen-bond donors (Lipinski definition) is 2. The van der Waals surface area contributed by atoms with E-state index in [4.69, 9.17) is 10.6 Å². The minimum absolute atomic E-state index is 0.236. The van der Waals surface area contributed by atoms with E-state index in [1.807, 2.05) is 0 Å². The van der Waals surface area contributed by atoms with Crippen molar-refractivity contribution in [3.63, 3.8) is 0 Å². The van der Waals surface area contributed by atoms with Crippen molar-refractivity contribution >= 4 is 15.9 Å². The first-order valence-corrected chi connectivity index (χ1v) is 7.30. The summed E-state index contributed by atoms with van der Waals surface area (Å²) in [5, 5.41) is 0. The number of ether oxygens (including phenoxy) is 1. The van der Waals surface area contributed by atoms with Gasteiger partial charge in [0.05, 0.1) is 0 Å². The van der Waals surface area contributed by atoms with E-state index in [2.05, 4.69) is 46.5 Å². The molecule has 18 heavy (non-hydrogen) atoms. The van der Waals surface area contributed by atoms with Gasteiger partial charge in [0.2, 0.25) is 0 Å². The third-order valence-electron chi connectivity index (χ3n) is 3.70. The van der Waals surface area contributed by atoms with Gasteiger partial charge in [0.15, 0.2) is 0 Å². The number of nitrogens with two attached hydrogens (primary N) is 1. The monoisotopic (exact) mass is 312 g/mol. The molecule has 1 aliphatic rings. The van der Waals surface area contributed by atoms with Gasteiger partial charge in [-0.15, -0.1) is 0 Å². The molecule has 0 spiro atoms. The molecule has 1 aromatic carbocycles. The molecule has 1 aromatic rings. The quantitative estimate of drug-likeness (QED) is 0.663. The van der Waals surface area contributed by atoms with Crippen molar-refractivity contribution in [2.24, 2.45) is 11.8 Å². The molecule has 2 rings (SSSR count). The van der Waals surface area contributed by atoms with E-state index >= 15 is 0 Å². The molecule has 0 bridgehead atoms. The summed E-state index contributed by atoms with van der Waals surface area (Å²) < 4.78 is 6.54. The van der Waals surface area contributed by atoms with Gasteiger partial charge in [-0.05, 0) is 49.3 Å². The number of hydrogen-bond acceptors (Lipinski definition) is 3. The molecule has 1 fully saturated rings. The van der Waals surface area contributed by atoms with Crippen LogP contribution in [0.5, 0.6) is 0 Å². The molecular formula is C14H21BrN2O. The molecule has 0 saturated carbocycles. The highest BCUT2D eigenvalue weighted by Gasteiger charge is 2.20. The van der Waals surface area contributed by atoms with Crippen LogP contribution in [0.1, 0.15) is 36.4 Å². The Morgan fingerprint density at radius 2 is 2.17 bits per heavy atom. The van der Waals surface area contributed by atoms with Crippen LogP contribution >= 0.6 is 15.9 Å². The van der Waals surface area contributed by atoms with Crippen molar-refractivity contribution in [2.45, 2.75) is 32.2 Å². The first-order valence-electron chi connectivity index (χ1n) is 6.50. The number of aryl methyl sites for hydroxylation is 1. The lowest BCUT2D eigenvalue weighted by Gasteiger charge is -2.26. The first kappa shape index (κ1) is 14.0. The van der Waals surface area contributed by atoms with Crippen molar-refractivity contribution in [1.82, 2.24) is 5.43 Å². The smallest absolute Gasteiger partial charge is 0.0468 e. The zero-order valence-corrected chi connectivity index (χ0v) is 12.4. The summed E-state index contributed by atoms with van der Waals surface area (Å²) in [5.74, 6) is 6.43. The number of benzene rings is 1. The van der Waals surface area contributed by atoms with Crippen LogP contribution in [0.25, 0.3) is 0 Å². The van der Waals surface area contributed by atoms with E-state index < -0.39 is 0 Å². The van der Waals surface area contributed by atoms with E-state index in [1.54, 1.807) is 0 Å². The fourth-order valence-electron chi connectivity index (χ4n) is 2.50. The summed E-state index contributed by atoms with van der Waals surface area (Å²) in [6.45, 7) is 3.89. The molecule has 100 valence electrons. The molecular weight excluding hydrogens is 292 g/mol. The molecule has 1 aliphatic heterocycles. The highest BCUT2D eigenvalue weighted by Crippen LogP contribution is 2.29. The van der Waals surface area contributed by atoms with Crippen molar-refractivity contribution in [2.75, 3.05) is 13.2 Å². The molecule has 3 nitrogen and oxygen atoms in total. The van der Waals surface area contributed by atoms with Crippen LogP contribution in [0.2, 0.25) is 0 Å². The zero-order chi connectivity index (χ0) is 13.0. The van der Waals surface area contributed by atoms with Gasteiger partial charge in [0, 0.05) is 23.7 Å². The summed E-state index contributed by atoms with van der Waals surface area (Å²) >= 11 is 3.53. The molecule has 1 saturated heterocycles. The van der Waals surface area contributed by atoms with Gasteiger partial charge in [-0.2, -0.15) is 0 Å². The Balaban J connectivity index is 2.04. The summed E-state index contributed by atoms with van der Waals surface area (Å²) in [6.07, 6.45) is 3.38. The van der Waals surface area contributed by atoms with Crippen LogP contribution in [-0.4, -0.2) is 13.2 Å². The maximum Gasteiger partial charge on any atom is 0.0468 e. The Bertz CT molecular complexity index is 391. The summed E-state index contributed by atoms with van der Waals surface area (Å²) in [7, 11) is 0. The van der Waals surface area contributed by atoms with Gasteiger partial charge < -0.3 is 4.74 Å². The van der Waals surface area contributed by atoms with Crippen molar-refractivity contribution in [3.05, 3.63) is 33.8 Å². The second kappa shape index (κ2) is 6.66. The molecule has 3 N–H and O–H groups in total. The highest BCUT2D eigenvalue weighted by molar-refractivity contribution is 9.10. The van der Waals surface area contributed by atoms with Crippen LogP contribution in [0.4, 0.5) is 0 Å². The second-order valence-electron chi connectivity index (χ2n) is 5.02. The van der Waals surface area contributed by atoms with E-state index in [-0.39, 0.29) is 6.04 Å². The maximum absolute atomic E-state index is 5.72. The minimum Gasteiger partial charge on any atom is -0.381 e. The lowest BCUT2D eigenvalue weighted by Crippen LogP contribution is -2.31. The number of nitrogens with one attached hydrogen (secondary N) is 1. The Morgan fingerprint density at radius 1 is 1.44 bits per heavy atom. The largest absolute Gasteiger partial charge is 0.381 e. The topological polar surface area (TPSA) is 47.3 Å². The lowest BCUT2D eigenvalue weighted by atomic mass is 9.89. The van der Waals surface area contributed by atoms with Gasteiger partial charge >= 0.3 is 0 Å². The standard InChI is InChI=1S/C14H21BrN2O/c1-10-8-12(2-3-13(10)15)14(17-16)9-11-4-6-18-7-5-11/h2-3,8,11,14,17H,4-7,9,16H2,1H3. The summed E-state index contributed by atoms with van der Waals surface area (Å²) in [5.41, 5.74) is 5.47. The molecule has 1 heterocycles. The van der Waals surface area contributed by atoms with Gasteiger partial charge in [0.1, 0.15) is 0 Å². The van der Waals surface area contributed by atoms with Crippen LogP contribution in [0.3, 0.4) is 0 Å². The number of rotatable bonds is 4. The summed E-state index contributed by atoms with van der Waals surface area (Å²) in [6, 6.07) is 6.67. The maximum atomic E-state index is 5.72. The fourth-order valence-corrected chi connectivity index (χ4v) is 2.75. The Morgan fingerprint density at radius 3 is 2.78 bits per heavy atom. The Kier molecular flexibility index (Phi) is 5.18. The Labute approximate surface area is 117 Å². The van der Waals surface area contributed by atoms with Crippen LogP contribution < -0.4 is 11.3 Å². The SMILES string of the molecule is Cc1cc(C(CC2CCOCC2)NN)ccc1Br. The zero-order valence-electron chi connectivity index (χ0n) is 10.8. The first-order chi connectivity index (χ1) is 8.70. The molecule has 0 amide bonds. The van der Waals surface area contributed by atoms with Crippen molar-refractivity contribution < 1.29 is 4.74 Å². The molecule has 1 unspecified atom stereocenters. The molecule has 1 atom stereocenters. The third-order valence-corrected chi connectivity index (χ3v) is 4.59. The van der Waals surface area contributed by atoms with E-state index in [0.29, 0.717) is 5.92 Å². The Hall–Kier alpha value is -0.420. The average molecular weight is 313 g/mol. The minimum atomic E-state index is 0.236. The van der Waals surface area contributed by atoms with Crippen molar-refractivity contribution in [1.29, 1.82) is 0 Å². The second-order valence-corrected chi connectivity index (χ2v) is 5.87. The molecule has 4 heteroatoms. The normalized spacial score (nSPS) is 18.8. The van der Waals surface area contributed by atoms with E-state index in [1.165, 1.54) is 11.1 Å². The molecule has 0 aliphatic carbocycles. The van der Waals surface area contributed by atoms with Gasteiger partial charge in [0.25, 0.3) is 0 Å². The van der Waals surface area contributed by atoms with E-state index in [0.717, 1.165) is 36.9 Å². The third kappa shape index (κ3) is 3.54. The van der Waals surface area contributed by atoms with Gasteiger partial charge in [-0.25, -0.2) is 0 Å². The lowest BCUT2D eigenvalue weighted by molar-refractivity contribution is 0.0605. The fraction of sp³-hybridized carbons (Fsp3) is 0.571. The van der Waals surface area contributed by atoms with Crippen LogP contribution in [0.15, 0.2) is 22.7 Å². The van der Waals surface area contributed by atoms with Crippen LogP contribution in [-0.2, 0) is 4.74 Å². The highest BCUT2D eigenvalue weighted by atomic mass is 79.9.